The topological polar surface area (TPSA) is 144 Å². The minimum atomic E-state index is -0.597. The SMILES string of the molecule is O=[N+]([O-])c1cc(C=NNc2nc3nonc3nc2Nc2ccccc2F)ccc1Cl. The summed E-state index contributed by atoms with van der Waals surface area (Å²) in [6.07, 6.45) is 1.32. The molecular weight excluding hydrogens is 419 g/mol. The van der Waals surface area contributed by atoms with E-state index in [0.29, 0.717) is 5.56 Å². The third kappa shape index (κ3) is 3.98. The quantitative estimate of drug-likeness (QED) is 0.265. The van der Waals surface area contributed by atoms with Crippen LogP contribution in [0.1, 0.15) is 5.56 Å². The molecule has 0 radical (unpaired) electrons. The second kappa shape index (κ2) is 8.05. The molecule has 2 aromatic carbocycles. The second-order valence-corrected chi connectivity index (χ2v) is 6.18. The van der Waals surface area contributed by atoms with E-state index in [2.05, 4.69) is 40.8 Å². The number of benzene rings is 2. The van der Waals surface area contributed by atoms with Gasteiger partial charge in [-0.05, 0) is 28.5 Å². The summed E-state index contributed by atoms with van der Waals surface area (Å²) in [4.78, 5) is 18.8. The highest BCUT2D eigenvalue weighted by atomic mass is 35.5. The summed E-state index contributed by atoms with van der Waals surface area (Å²) in [5.41, 5.74) is 3.18. The Morgan fingerprint density at radius 1 is 1.13 bits per heavy atom. The number of hydrazone groups is 1. The van der Waals surface area contributed by atoms with E-state index in [4.69, 9.17) is 11.6 Å². The van der Waals surface area contributed by atoms with Gasteiger partial charge in [-0.25, -0.2) is 14.0 Å². The van der Waals surface area contributed by atoms with Gasteiger partial charge in [0.05, 0.1) is 16.8 Å². The van der Waals surface area contributed by atoms with Crippen LogP contribution in [-0.4, -0.2) is 31.4 Å². The zero-order chi connectivity index (χ0) is 21.1. The number of nitrogens with zero attached hydrogens (tertiary/aromatic N) is 6. The molecule has 0 unspecified atom stereocenters. The molecule has 0 spiro atoms. The smallest absolute Gasteiger partial charge is 0.288 e. The number of halogens is 2. The lowest BCUT2D eigenvalue weighted by atomic mass is 10.2. The Hall–Kier alpha value is -4.19. The lowest BCUT2D eigenvalue weighted by molar-refractivity contribution is -0.384. The molecule has 0 aliphatic heterocycles. The fourth-order valence-electron chi connectivity index (χ4n) is 2.41. The lowest BCUT2D eigenvalue weighted by Crippen LogP contribution is -2.04. The van der Waals surface area contributed by atoms with Crippen molar-refractivity contribution in [2.45, 2.75) is 0 Å². The second-order valence-electron chi connectivity index (χ2n) is 5.78. The van der Waals surface area contributed by atoms with Gasteiger partial charge in [-0.1, -0.05) is 29.8 Å². The van der Waals surface area contributed by atoms with E-state index in [9.17, 15) is 14.5 Å². The molecule has 0 fully saturated rings. The van der Waals surface area contributed by atoms with E-state index < -0.39 is 10.7 Å². The van der Waals surface area contributed by atoms with Crippen LogP contribution >= 0.6 is 11.6 Å². The van der Waals surface area contributed by atoms with Crippen molar-refractivity contribution in [3.05, 3.63) is 69.0 Å². The molecule has 2 heterocycles. The van der Waals surface area contributed by atoms with Gasteiger partial charge in [0.15, 0.2) is 11.6 Å². The van der Waals surface area contributed by atoms with Gasteiger partial charge in [0.1, 0.15) is 10.8 Å². The predicted octanol–water partition coefficient (Wildman–Crippen LogP) is 3.90. The molecular formula is C17H10ClFN8O3. The molecule has 0 atom stereocenters. The molecule has 0 aliphatic rings. The molecule has 11 nitrogen and oxygen atoms in total. The molecule has 0 saturated heterocycles. The van der Waals surface area contributed by atoms with E-state index >= 15 is 0 Å². The number of fused-ring (bicyclic) bond motifs is 1. The van der Waals surface area contributed by atoms with Crippen molar-refractivity contribution in [2.75, 3.05) is 10.7 Å². The first kappa shape index (κ1) is 19.1. The van der Waals surface area contributed by atoms with Crippen LogP contribution in [0.25, 0.3) is 11.3 Å². The Morgan fingerprint density at radius 2 is 1.87 bits per heavy atom. The third-order valence-electron chi connectivity index (χ3n) is 3.79. The molecule has 4 rings (SSSR count). The van der Waals surface area contributed by atoms with Gasteiger partial charge >= 0.3 is 0 Å². The van der Waals surface area contributed by atoms with Crippen LogP contribution < -0.4 is 10.7 Å². The van der Waals surface area contributed by atoms with Gasteiger partial charge in [0.2, 0.25) is 11.3 Å². The maximum atomic E-state index is 14.0. The molecule has 30 heavy (non-hydrogen) atoms. The normalized spacial score (nSPS) is 11.1. The summed E-state index contributed by atoms with van der Waals surface area (Å²) in [5, 5.41) is 25.0. The maximum absolute atomic E-state index is 14.0. The Bertz CT molecular complexity index is 1280. The van der Waals surface area contributed by atoms with Crippen molar-refractivity contribution in [3.63, 3.8) is 0 Å². The van der Waals surface area contributed by atoms with Crippen LogP contribution in [0.2, 0.25) is 5.02 Å². The molecule has 2 aromatic heterocycles. The first-order valence-corrected chi connectivity index (χ1v) is 8.64. The zero-order valence-corrected chi connectivity index (χ0v) is 15.5. The summed E-state index contributed by atoms with van der Waals surface area (Å²) in [6.45, 7) is 0. The number of hydrogen-bond donors (Lipinski definition) is 2. The van der Waals surface area contributed by atoms with Crippen molar-refractivity contribution in [1.29, 1.82) is 0 Å². The number of hydrogen-bond acceptors (Lipinski definition) is 10. The summed E-state index contributed by atoms with van der Waals surface area (Å²) < 4.78 is 18.6. The Labute approximate surface area is 171 Å². The molecule has 150 valence electrons. The average Bonchev–Trinajstić information content (AvgIpc) is 3.18. The zero-order valence-electron chi connectivity index (χ0n) is 14.8. The fourth-order valence-corrected chi connectivity index (χ4v) is 2.60. The van der Waals surface area contributed by atoms with Crippen LogP contribution in [0.4, 0.5) is 27.4 Å². The molecule has 0 aliphatic carbocycles. The predicted molar refractivity (Wildman–Crippen MR) is 106 cm³/mol. The van der Waals surface area contributed by atoms with Gasteiger partial charge in [-0.15, -0.1) is 0 Å². The number of anilines is 3. The number of para-hydroxylation sites is 1. The van der Waals surface area contributed by atoms with Gasteiger partial charge in [0, 0.05) is 11.6 Å². The number of aromatic nitrogens is 4. The molecule has 0 amide bonds. The average molecular weight is 429 g/mol. The molecule has 0 bridgehead atoms. The lowest BCUT2D eigenvalue weighted by Gasteiger charge is -2.09. The fraction of sp³-hybridized carbons (Fsp3) is 0. The van der Waals surface area contributed by atoms with E-state index in [1.165, 1.54) is 30.5 Å². The maximum Gasteiger partial charge on any atom is 0.288 e. The van der Waals surface area contributed by atoms with E-state index in [0.717, 1.165) is 0 Å². The Balaban J connectivity index is 1.63. The van der Waals surface area contributed by atoms with E-state index in [1.807, 2.05) is 0 Å². The molecule has 4 aromatic rings. The van der Waals surface area contributed by atoms with Crippen LogP contribution in [0, 0.1) is 15.9 Å². The largest absolute Gasteiger partial charge is 0.335 e. The third-order valence-corrected chi connectivity index (χ3v) is 4.11. The van der Waals surface area contributed by atoms with Crippen molar-refractivity contribution in [1.82, 2.24) is 20.3 Å². The number of nitrogens with one attached hydrogen (secondary N) is 2. The van der Waals surface area contributed by atoms with Gasteiger partial charge in [-0.2, -0.15) is 10.1 Å². The van der Waals surface area contributed by atoms with Crippen LogP contribution in [0.15, 0.2) is 52.2 Å². The standard InChI is InChI=1S/C17H10ClFN8O3/c18-10-6-5-9(7-13(10)27(28)29)8-20-24-15-14(21-12-4-2-1-3-11(12)19)22-16-17(23-15)26-30-25-16/h1-8H,(H,21,22,25)(H,23,24,26). The number of rotatable bonds is 6. The molecule has 0 saturated carbocycles. The summed E-state index contributed by atoms with van der Waals surface area (Å²) in [7, 11) is 0. The minimum absolute atomic E-state index is 0.0105. The first-order chi connectivity index (χ1) is 14.5. The Morgan fingerprint density at radius 3 is 2.60 bits per heavy atom. The summed E-state index contributed by atoms with van der Waals surface area (Å²) in [6, 6.07) is 10.2. The van der Waals surface area contributed by atoms with Crippen LogP contribution in [0.3, 0.4) is 0 Å². The van der Waals surface area contributed by atoms with E-state index in [-0.39, 0.29) is 39.3 Å². The highest BCUT2D eigenvalue weighted by molar-refractivity contribution is 6.32. The number of nitro groups is 1. The van der Waals surface area contributed by atoms with Gasteiger partial charge in [0.25, 0.3) is 5.69 Å². The first-order valence-electron chi connectivity index (χ1n) is 8.26. The van der Waals surface area contributed by atoms with Gasteiger partial charge in [-0.3, -0.25) is 15.5 Å². The highest BCUT2D eigenvalue weighted by Gasteiger charge is 2.15. The summed E-state index contributed by atoms with van der Waals surface area (Å²) >= 11 is 5.80. The molecule has 2 N–H and O–H groups in total. The van der Waals surface area contributed by atoms with Crippen molar-refractivity contribution >= 4 is 52.1 Å². The van der Waals surface area contributed by atoms with Crippen LogP contribution in [-0.2, 0) is 0 Å². The number of nitro benzene ring substituents is 1. The van der Waals surface area contributed by atoms with Crippen molar-refractivity contribution < 1.29 is 13.9 Å². The van der Waals surface area contributed by atoms with E-state index in [1.54, 1.807) is 18.2 Å². The van der Waals surface area contributed by atoms with Gasteiger partial charge < -0.3 is 5.32 Å². The highest BCUT2D eigenvalue weighted by Crippen LogP contribution is 2.26. The monoisotopic (exact) mass is 428 g/mol. The summed E-state index contributed by atoms with van der Waals surface area (Å²) in [5.74, 6) is -0.288. The van der Waals surface area contributed by atoms with Crippen LogP contribution in [0.5, 0.6) is 0 Å². The molecule has 13 heteroatoms. The minimum Gasteiger partial charge on any atom is -0.335 e. The van der Waals surface area contributed by atoms with Crippen molar-refractivity contribution in [2.24, 2.45) is 5.10 Å². The van der Waals surface area contributed by atoms with Crippen molar-refractivity contribution in [3.8, 4) is 0 Å². The Kier molecular flexibility index (Phi) is 5.13.